The zero-order valence-electron chi connectivity index (χ0n) is 15.1. The molecule has 3 nitrogen and oxygen atoms in total. The average molecular weight is 342 g/mol. The van der Waals surface area contributed by atoms with Gasteiger partial charge in [-0.15, -0.1) is 0 Å². The maximum atomic E-state index is 6.20. The largest absolute Gasteiger partial charge is 0.453 e. The van der Waals surface area contributed by atoms with E-state index in [2.05, 4.69) is 61.2 Å². The maximum absolute atomic E-state index is 6.20. The first kappa shape index (κ1) is 16.4. The molecule has 0 saturated heterocycles. The first-order valence-electron chi connectivity index (χ1n) is 9.09. The fourth-order valence-corrected chi connectivity index (χ4v) is 3.25. The predicted molar refractivity (Wildman–Crippen MR) is 107 cm³/mol. The van der Waals surface area contributed by atoms with Crippen molar-refractivity contribution in [3.63, 3.8) is 0 Å². The van der Waals surface area contributed by atoms with Crippen LogP contribution >= 0.6 is 0 Å². The Morgan fingerprint density at radius 2 is 1.69 bits per heavy atom. The van der Waals surface area contributed by atoms with Crippen molar-refractivity contribution in [2.45, 2.75) is 13.8 Å². The van der Waals surface area contributed by atoms with Crippen LogP contribution in [0.15, 0.2) is 71.7 Å². The van der Waals surface area contributed by atoms with Crippen molar-refractivity contribution < 1.29 is 4.74 Å². The van der Waals surface area contributed by atoms with Crippen molar-refractivity contribution in [1.29, 1.82) is 0 Å². The summed E-state index contributed by atoms with van der Waals surface area (Å²) in [6, 6.07) is 22.7. The van der Waals surface area contributed by atoms with Crippen LogP contribution in [-0.2, 0) is 0 Å². The fourth-order valence-electron chi connectivity index (χ4n) is 3.25. The van der Waals surface area contributed by atoms with Crippen LogP contribution in [0.5, 0.6) is 11.5 Å². The van der Waals surface area contributed by atoms with Crippen molar-refractivity contribution in [2.75, 3.05) is 18.0 Å². The monoisotopic (exact) mass is 342 g/mol. The number of fused-ring (bicyclic) bond motifs is 2. The van der Waals surface area contributed by atoms with Crippen LogP contribution in [-0.4, -0.2) is 13.1 Å². The van der Waals surface area contributed by atoms with Crippen molar-refractivity contribution >= 4 is 17.5 Å². The average Bonchev–Trinajstić information content (AvgIpc) is 2.68. The molecule has 0 aliphatic carbocycles. The zero-order chi connectivity index (χ0) is 17.9. The van der Waals surface area contributed by atoms with Crippen LogP contribution in [0, 0.1) is 0 Å². The standard InChI is InChI=1S/C23H22N2O/c1-3-25(4-2)19-11-13-21-23(16-19)26-22-15-18(10-12-20(22)24-21)14-17-8-6-5-7-9-17/h5-16H,3-4H2,1-2H3/b18-14+. The second-order valence-electron chi connectivity index (χ2n) is 6.32. The van der Waals surface area contributed by atoms with Gasteiger partial charge in [-0.05, 0) is 55.0 Å². The van der Waals surface area contributed by atoms with E-state index in [4.69, 9.17) is 9.73 Å². The molecule has 26 heavy (non-hydrogen) atoms. The van der Waals surface area contributed by atoms with Gasteiger partial charge in [-0.1, -0.05) is 36.4 Å². The van der Waals surface area contributed by atoms with Crippen LogP contribution in [0.1, 0.15) is 19.4 Å². The highest BCUT2D eigenvalue weighted by atomic mass is 16.5. The molecule has 0 fully saturated rings. The molecule has 3 heteroatoms. The third-order valence-corrected chi connectivity index (χ3v) is 4.65. The smallest absolute Gasteiger partial charge is 0.155 e. The minimum Gasteiger partial charge on any atom is -0.453 e. The third-order valence-electron chi connectivity index (χ3n) is 4.65. The molecule has 0 saturated carbocycles. The van der Waals surface area contributed by atoms with Gasteiger partial charge in [-0.3, -0.25) is 0 Å². The van der Waals surface area contributed by atoms with Gasteiger partial charge in [0.1, 0.15) is 11.0 Å². The van der Waals surface area contributed by atoms with Crippen molar-refractivity contribution in [1.82, 2.24) is 0 Å². The summed E-state index contributed by atoms with van der Waals surface area (Å²) in [7, 11) is 0. The van der Waals surface area contributed by atoms with Gasteiger partial charge < -0.3 is 9.64 Å². The molecule has 0 N–H and O–H groups in total. The molecule has 0 atom stereocenters. The lowest BCUT2D eigenvalue weighted by Gasteiger charge is -2.23. The molecule has 0 radical (unpaired) electrons. The highest BCUT2D eigenvalue weighted by Gasteiger charge is 2.14. The number of nitrogens with zero attached hydrogens (tertiary/aromatic N) is 2. The number of hydrogen-bond acceptors (Lipinski definition) is 3. The molecule has 3 aromatic carbocycles. The van der Waals surface area contributed by atoms with Gasteiger partial charge in [0.2, 0.25) is 0 Å². The van der Waals surface area contributed by atoms with Crippen molar-refractivity contribution in [3.8, 4) is 11.5 Å². The van der Waals surface area contributed by atoms with E-state index >= 15 is 0 Å². The molecule has 3 aromatic rings. The van der Waals surface area contributed by atoms with E-state index in [0.29, 0.717) is 0 Å². The van der Waals surface area contributed by atoms with Gasteiger partial charge in [0.25, 0.3) is 0 Å². The Hall–Kier alpha value is -3.07. The Balaban J connectivity index is 1.73. The number of ether oxygens (including phenoxy) is 1. The second kappa shape index (κ2) is 7.04. The molecule has 0 amide bonds. The van der Waals surface area contributed by atoms with E-state index in [-0.39, 0.29) is 0 Å². The highest BCUT2D eigenvalue weighted by Crippen LogP contribution is 2.36. The molecule has 0 aromatic heterocycles. The van der Waals surface area contributed by atoms with Crippen LogP contribution in [0.3, 0.4) is 0 Å². The van der Waals surface area contributed by atoms with Crippen LogP contribution in [0.25, 0.3) is 6.08 Å². The van der Waals surface area contributed by atoms with Gasteiger partial charge in [-0.25, -0.2) is 4.99 Å². The van der Waals surface area contributed by atoms with Crippen molar-refractivity contribution in [3.05, 3.63) is 82.9 Å². The minimum atomic E-state index is 0.805. The quantitative estimate of drug-likeness (QED) is 0.548. The summed E-state index contributed by atoms with van der Waals surface area (Å²) in [5.41, 5.74) is 3.22. The normalized spacial score (nSPS) is 12.6. The lowest BCUT2D eigenvalue weighted by molar-refractivity contribution is 0.469. The molecular formula is C23H22N2O. The topological polar surface area (TPSA) is 24.8 Å². The first-order valence-corrected chi connectivity index (χ1v) is 9.09. The molecule has 0 unspecified atom stereocenters. The number of rotatable bonds is 4. The predicted octanol–water partition coefficient (Wildman–Crippen LogP) is 4.42. The molecular weight excluding hydrogens is 320 g/mol. The summed E-state index contributed by atoms with van der Waals surface area (Å²) in [6.07, 6.45) is 2.14. The summed E-state index contributed by atoms with van der Waals surface area (Å²) in [6.45, 7) is 6.27. The fraction of sp³-hybridized carbons (Fsp3) is 0.174. The summed E-state index contributed by atoms with van der Waals surface area (Å²) in [5.74, 6) is 1.62. The molecule has 1 heterocycles. The molecule has 1 aliphatic heterocycles. The van der Waals surface area contributed by atoms with E-state index in [1.807, 2.05) is 30.3 Å². The van der Waals surface area contributed by atoms with Crippen molar-refractivity contribution in [2.24, 2.45) is 4.99 Å². The molecule has 0 bridgehead atoms. The van der Waals surface area contributed by atoms with E-state index in [1.54, 1.807) is 0 Å². The summed E-state index contributed by atoms with van der Waals surface area (Å²) < 4.78 is 6.20. The molecule has 0 spiro atoms. The Morgan fingerprint density at radius 1 is 0.885 bits per heavy atom. The molecule has 1 aliphatic rings. The maximum Gasteiger partial charge on any atom is 0.155 e. The van der Waals surface area contributed by atoms with E-state index in [1.165, 1.54) is 11.3 Å². The number of hydrogen-bond donors (Lipinski definition) is 0. The second-order valence-corrected chi connectivity index (χ2v) is 6.32. The lowest BCUT2D eigenvalue weighted by atomic mass is 10.1. The van der Waals surface area contributed by atoms with E-state index < -0.39 is 0 Å². The minimum absolute atomic E-state index is 0.805. The van der Waals surface area contributed by atoms with Gasteiger partial charge in [-0.2, -0.15) is 0 Å². The van der Waals surface area contributed by atoms with Gasteiger partial charge in [0.15, 0.2) is 11.5 Å². The number of benzene rings is 3. The lowest BCUT2D eigenvalue weighted by Crippen LogP contribution is -2.22. The third kappa shape index (κ3) is 3.21. The Labute approximate surface area is 153 Å². The number of anilines is 1. The van der Waals surface area contributed by atoms with Crippen LogP contribution in [0.2, 0.25) is 0 Å². The highest BCUT2D eigenvalue weighted by molar-refractivity contribution is 5.64. The first-order chi connectivity index (χ1) is 12.8. The Bertz CT molecular complexity index is 1040. The van der Waals surface area contributed by atoms with Crippen LogP contribution < -0.4 is 20.2 Å². The van der Waals surface area contributed by atoms with Crippen LogP contribution in [0.4, 0.5) is 11.4 Å². The summed E-state index contributed by atoms with van der Waals surface area (Å²) >= 11 is 0. The van der Waals surface area contributed by atoms with Gasteiger partial charge in [0, 0.05) is 24.8 Å². The molecule has 130 valence electrons. The molecule has 4 rings (SSSR count). The Morgan fingerprint density at radius 3 is 2.46 bits per heavy atom. The zero-order valence-corrected chi connectivity index (χ0v) is 15.1. The van der Waals surface area contributed by atoms with Gasteiger partial charge >= 0.3 is 0 Å². The summed E-state index contributed by atoms with van der Waals surface area (Å²) in [5, 5.41) is 1.98. The Kier molecular flexibility index (Phi) is 4.44. The van der Waals surface area contributed by atoms with Gasteiger partial charge in [0.05, 0.1) is 0 Å². The van der Waals surface area contributed by atoms with E-state index in [9.17, 15) is 0 Å². The summed E-state index contributed by atoms with van der Waals surface area (Å²) in [4.78, 5) is 7.06. The van der Waals surface area contributed by atoms with E-state index in [0.717, 1.165) is 40.9 Å². The SMILES string of the molecule is CCN(CC)c1ccc2c(c1)Oc1c/c(=C/c3ccccc3)ccc1=N2.